The lowest BCUT2D eigenvalue weighted by Crippen LogP contribution is -2.08. The summed E-state index contributed by atoms with van der Waals surface area (Å²) in [7, 11) is 0. The van der Waals surface area contributed by atoms with Crippen molar-refractivity contribution in [2.45, 2.75) is 26.9 Å². The molecule has 1 aromatic heterocycles. The molecule has 0 atom stereocenters. The van der Waals surface area contributed by atoms with Gasteiger partial charge in [-0.3, -0.25) is 0 Å². The zero-order chi connectivity index (χ0) is 8.27. The van der Waals surface area contributed by atoms with Gasteiger partial charge in [0.2, 0.25) is 5.88 Å². The van der Waals surface area contributed by atoms with Crippen LogP contribution >= 0.6 is 0 Å². The van der Waals surface area contributed by atoms with E-state index in [2.05, 4.69) is 9.97 Å². The maximum absolute atomic E-state index is 5.39. The van der Waals surface area contributed by atoms with E-state index in [0.717, 1.165) is 5.56 Å². The SMILES string of the molecule is Cc1cncnc1OC(C)C. The Balaban J connectivity index is 2.78. The Morgan fingerprint density at radius 1 is 1.45 bits per heavy atom. The van der Waals surface area contributed by atoms with Crippen molar-refractivity contribution in [3.8, 4) is 5.88 Å². The Hall–Kier alpha value is -1.12. The number of aryl methyl sites for hydroxylation is 1. The first-order chi connectivity index (χ1) is 5.20. The van der Waals surface area contributed by atoms with E-state index < -0.39 is 0 Å². The third-order valence-corrected chi connectivity index (χ3v) is 1.19. The van der Waals surface area contributed by atoms with Crippen molar-refractivity contribution in [3.63, 3.8) is 0 Å². The quantitative estimate of drug-likeness (QED) is 0.645. The Morgan fingerprint density at radius 3 is 2.73 bits per heavy atom. The zero-order valence-corrected chi connectivity index (χ0v) is 7.03. The van der Waals surface area contributed by atoms with E-state index >= 15 is 0 Å². The fourth-order valence-corrected chi connectivity index (χ4v) is 0.735. The molecule has 1 heterocycles. The summed E-state index contributed by atoms with van der Waals surface area (Å²) in [6, 6.07) is 0. The van der Waals surface area contributed by atoms with Crippen molar-refractivity contribution < 1.29 is 4.74 Å². The molecule has 0 fully saturated rings. The zero-order valence-electron chi connectivity index (χ0n) is 7.03. The Labute approximate surface area is 66.4 Å². The lowest BCUT2D eigenvalue weighted by Gasteiger charge is -2.09. The van der Waals surface area contributed by atoms with Crippen LogP contribution in [0.15, 0.2) is 12.5 Å². The van der Waals surface area contributed by atoms with E-state index in [9.17, 15) is 0 Å². The third kappa shape index (κ3) is 2.18. The average Bonchev–Trinajstić information content (AvgIpc) is 1.93. The first-order valence-corrected chi connectivity index (χ1v) is 3.63. The summed E-state index contributed by atoms with van der Waals surface area (Å²) >= 11 is 0. The molecular weight excluding hydrogens is 140 g/mol. The van der Waals surface area contributed by atoms with Gasteiger partial charge in [-0.05, 0) is 20.8 Å². The standard InChI is InChI=1S/C8H12N2O/c1-6(2)11-8-7(3)4-9-5-10-8/h4-6H,1-3H3. The second kappa shape index (κ2) is 3.32. The van der Waals surface area contributed by atoms with Gasteiger partial charge in [0.1, 0.15) is 6.33 Å². The monoisotopic (exact) mass is 152 g/mol. The Bertz CT molecular complexity index is 235. The van der Waals surface area contributed by atoms with Crippen LogP contribution in [0.1, 0.15) is 19.4 Å². The fraction of sp³-hybridized carbons (Fsp3) is 0.500. The van der Waals surface area contributed by atoms with E-state index in [1.165, 1.54) is 6.33 Å². The lowest BCUT2D eigenvalue weighted by molar-refractivity contribution is 0.230. The highest BCUT2D eigenvalue weighted by atomic mass is 16.5. The van der Waals surface area contributed by atoms with E-state index in [-0.39, 0.29) is 6.10 Å². The van der Waals surface area contributed by atoms with Gasteiger partial charge in [-0.1, -0.05) is 0 Å². The van der Waals surface area contributed by atoms with Crippen LogP contribution < -0.4 is 4.74 Å². The molecule has 0 bridgehead atoms. The Morgan fingerprint density at radius 2 is 2.18 bits per heavy atom. The summed E-state index contributed by atoms with van der Waals surface area (Å²) in [6.07, 6.45) is 3.40. The molecule has 0 radical (unpaired) electrons. The molecule has 0 spiro atoms. The summed E-state index contributed by atoms with van der Waals surface area (Å²) < 4.78 is 5.39. The van der Waals surface area contributed by atoms with Crippen LogP contribution in [0.4, 0.5) is 0 Å². The van der Waals surface area contributed by atoms with Crippen molar-refractivity contribution >= 4 is 0 Å². The molecule has 0 aromatic carbocycles. The maximum Gasteiger partial charge on any atom is 0.219 e. The van der Waals surface area contributed by atoms with E-state index in [1.807, 2.05) is 20.8 Å². The molecule has 11 heavy (non-hydrogen) atoms. The predicted molar refractivity (Wildman–Crippen MR) is 42.5 cm³/mol. The van der Waals surface area contributed by atoms with Crippen molar-refractivity contribution in [2.24, 2.45) is 0 Å². The first-order valence-electron chi connectivity index (χ1n) is 3.63. The number of nitrogens with zero attached hydrogens (tertiary/aromatic N) is 2. The van der Waals surface area contributed by atoms with Gasteiger partial charge in [-0.25, -0.2) is 9.97 Å². The van der Waals surface area contributed by atoms with Crippen molar-refractivity contribution in [2.75, 3.05) is 0 Å². The molecule has 1 aromatic rings. The highest BCUT2D eigenvalue weighted by Gasteiger charge is 2.01. The minimum Gasteiger partial charge on any atom is -0.475 e. The molecule has 0 amide bonds. The number of rotatable bonds is 2. The minimum absolute atomic E-state index is 0.170. The predicted octanol–water partition coefficient (Wildman–Crippen LogP) is 1.57. The highest BCUT2D eigenvalue weighted by Crippen LogP contribution is 2.11. The van der Waals surface area contributed by atoms with Crippen molar-refractivity contribution in [1.82, 2.24) is 9.97 Å². The van der Waals surface area contributed by atoms with E-state index in [0.29, 0.717) is 5.88 Å². The van der Waals surface area contributed by atoms with E-state index in [1.54, 1.807) is 6.20 Å². The number of ether oxygens (including phenoxy) is 1. The van der Waals surface area contributed by atoms with Gasteiger partial charge in [-0.15, -0.1) is 0 Å². The van der Waals surface area contributed by atoms with Gasteiger partial charge < -0.3 is 4.74 Å². The maximum atomic E-state index is 5.39. The molecule has 0 saturated carbocycles. The number of hydrogen-bond donors (Lipinski definition) is 0. The van der Waals surface area contributed by atoms with Gasteiger partial charge >= 0.3 is 0 Å². The molecule has 1 rings (SSSR count). The van der Waals surface area contributed by atoms with Crippen LogP contribution in [-0.2, 0) is 0 Å². The molecule has 0 N–H and O–H groups in total. The van der Waals surface area contributed by atoms with Gasteiger partial charge in [0, 0.05) is 11.8 Å². The highest BCUT2D eigenvalue weighted by molar-refractivity contribution is 5.19. The van der Waals surface area contributed by atoms with Gasteiger partial charge in [0.25, 0.3) is 0 Å². The fourth-order valence-electron chi connectivity index (χ4n) is 0.735. The lowest BCUT2D eigenvalue weighted by atomic mass is 10.4. The van der Waals surface area contributed by atoms with Crippen LogP contribution in [0, 0.1) is 6.92 Å². The number of aromatic nitrogens is 2. The molecule has 0 unspecified atom stereocenters. The molecule has 0 aliphatic carbocycles. The minimum atomic E-state index is 0.170. The van der Waals surface area contributed by atoms with Crippen molar-refractivity contribution in [1.29, 1.82) is 0 Å². The summed E-state index contributed by atoms with van der Waals surface area (Å²) in [5, 5.41) is 0. The average molecular weight is 152 g/mol. The van der Waals surface area contributed by atoms with Crippen LogP contribution in [0.2, 0.25) is 0 Å². The van der Waals surface area contributed by atoms with Crippen LogP contribution in [-0.4, -0.2) is 16.1 Å². The van der Waals surface area contributed by atoms with Crippen LogP contribution in [0.3, 0.4) is 0 Å². The molecule has 3 heteroatoms. The van der Waals surface area contributed by atoms with Gasteiger partial charge in [0.05, 0.1) is 6.10 Å². The molecular formula is C8H12N2O. The normalized spacial score (nSPS) is 10.2. The molecule has 3 nitrogen and oxygen atoms in total. The molecule has 0 saturated heterocycles. The third-order valence-electron chi connectivity index (χ3n) is 1.19. The second-order valence-corrected chi connectivity index (χ2v) is 2.68. The molecule has 60 valence electrons. The summed E-state index contributed by atoms with van der Waals surface area (Å²) in [5.74, 6) is 0.676. The second-order valence-electron chi connectivity index (χ2n) is 2.68. The van der Waals surface area contributed by atoms with E-state index in [4.69, 9.17) is 4.74 Å². The topological polar surface area (TPSA) is 35.0 Å². The summed E-state index contributed by atoms with van der Waals surface area (Å²) in [4.78, 5) is 7.85. The number of hydrogen-bond acceptors (Lipinski definition) is 3. The van der Waals surface area contributed by atoms with Gasteiger partial charge in [-0.2, -0.15) is 0 Å². The van der Waals surface area contributed by atoms with Crippen LogP contribution in [0.25, 0.3) is 0 Å². The summed E-state index contributed by atoms with van der Waals surface area (Å²) in [5.41, 5.74) is 0.973. The largest absolute Gasteiger partial charge is 0.475 e. The molecule has 0 aliphatic heterocycles. The van der Waals surface area contributed by atoms with Crippen LogP contribution in [0.5, 0.6) is 5.88 Å². The van der Waals surface area contributed by atoms with Gasteiger partial charge in [0.15, 0.2) is 0 Å². The smallest absolute Gasteiger partial charge is 0.219 e. The first kappa shape index (κ1) is 7.98. The Kier molecular flexibility index (Phi) is 2.41. The summed E-state index contributed by atoms with van der Waals surface area (Å²) in [6.45, 7) is 5.88. The van der Waals surface area contributed by atoms with Crippen molar-refractivity contribution in [3.05, 3.63) is 18.1 Å². The molecule has 0 aliphatic rings.